The van der Waals surface area contributed by atoms with E-state index in [1.165, 1.54) is 25.9 Å². The lowest BCUT2D eigenvalue weighted by Gasteiger charge is -2.33. The predicted octanol–water partition coefficient (Wildman–Crippen LogP) is 3.70. The lowest BCUT2D eigenvalue weighted by atomic mass is 9.92. The number of rotatable bonds is 4. The van der Waals surface area contributed by atoms with E-state index in [4.69, 9.17) is 4.74 Å². The molecule has 2 heteroatoms. The summed E-state index contributed by atoms with van der Waals surface area (Å²) in [5.41, 5.74) is 0.338. The Morgan fingerprint density at radius 3 is 2.18 bits per heavy atom. The van der Waals surface area contributed by atoms with Crippen molar-refractivity contribution >= 4 is 0 Å². The van der Waals surface area contributed by atoms with Crippen LogP contribution in [0.5, 0.6) is 0 Å². The molecule has 0 aliphatic carbocycles. The minimum Gasteiger partial charge on any atom is -0.373 e. The molecule has 0 bridgehead atoms. The van der Waals surface area contributed by atoms with Crippen LogP contribution in [0.25, 0.3) is 0 Å². The van der Waals surface area contributed by atoms with Gasteiger partial charge in [0.15, 0.2) is 0 Å². The molecule has 2 nitrogen and oxygen atoms in total. The van der Waals surface area contributed by atoms with E-state index >= 15 is 0 Å². The molecular weight excluding hydrogens is 210 g/mol. The second kappa shape index (κ2) is 5.27. The van der Waals surface area contributed by atoms with Crippen molar-refractivity contribution in [2.24, 2.45) is 5.92 Å². The van der Waals surface area contributed by atoms with Crippen molar-refractivity contribution in [2.45, 2.75) is 78.6 Å². The van der Waals surface area contributed by atoms with Gasteiger partial charge in [-0.15, -0.1) is 0 Å². The van der Waals surface area contributed by atoms with Crippen LogP contribution in [0.2, 0.25) is 0 Å². The van der Waals surface area contributed by atoms with Crippen molar-refractivity contribution in [3.05, 3.63) is 0 Å². The summed E-state index contributed by atoms with van der Waals surface area (Å²) in [6.07, 6.45) is 2.82. The number of ether oxygens (including phenoxy) is 1. The molecule has 0 radical (unpaired) electrons. The summed E-state index contributed by atoms with van der Waals surface area (Å²) in [7, 11) is 0. The molecule has 0 aromatic rings. The van der Waals surface area contributed by atoms with Gasteiger partial charge in [-0.1, -0.05) is 0 Å². The molecule has 0 saturated carbocycles. The van der Waals surface area contributed by atoms with E-state index in [9.17, 15) is 0 Å². The molecule has 1 aliphatic heterocycles. The molecule has 0 spiro atoms. The molecule has 17 heavy (non-hydrogen) atoms. The van der Waals surface area contributed by atoms with Gasteiger partial charge in [0.2, 0.25) is 0 Å². The molecule has 102 valence electrons. The Morgan fingerprint density at radius 1 is 1.18 bits per heavy atom. The quantitative estimate of drug-likeness (QED) is 0.744. The van der Waals surface area contributed by atoms with E-state index in [0.717, 1.165) is 5.92 Å². The molecule has 1 fully saturated rings. The number of nitrogens with zero attached hydrogens (tertiary/aromatic N) is 1. The molecule has 1 rings (SSSR count). The minimum absolute atomic E-state index is 0.0206. The Hall–Kier alpha value is -0.0800. The standard InChI is InChI=1S/C15H31NO/c1-12(2)17-15(6,7)10-13-8-9-16(11-13)14(3,4)5/h12-13H,8-11H2,1-7H3. The Morgan fingerprint density at radius 2 is 1.76 bits per heavy atom. The van der Waals surface area contributed by atoms with Crippen LogP contribution in [0.4, 0.5) is 0 Å². The van der Waals surface area contributed by atoms with E-state index in [1.54, 1.807) is 0 Å². The maximum atomic E-state index is 6.00. The maximum Gasteiger partial charge on any atom is 0.0633 e. The van der Waals surface area contributed by atoms with Gasteiger partial charge in [-0.05, 0) is 73.8 Å². The van der Waals surface area contributed by atoms with Gasteiger partial charge >= 0.3 is 0 Å². The molecular formula is C15H31NO. The van der Waals surface area contributed by atoms with Crippen LogP contribution in [0.1, 0.15) is 61.3 Å². The van der Waals surface area contributed by atoms with Crippen molar-refractivity contribution in [1.82, 2.24) is 4.90 Å². The van der Waals surface area contributed by atoms with Gasteiger partial charge in [0.25, 0.3) is 0 Å². The van der Waals surface area contributed by atoms with Crippen LogP contribution < -0.4 is 0 Å². The molecule has 0 amide bonds. The highest BCUT2D eigenvalue weighted by Gasteiger charge is 2.33. The van der Waals surface area contributed by atoms with Crippen molar-refractivity contribution < 1.29 is 4.74 Å². The Kier molecular flexibility index (Phi) is 4.65. The first-order valence-electron chi connectivity index (χ1n) is 7.03. The monoisotopic (exact) mass is 241 g/mol. The molecule has 1 unspecified atom stereocenters. The van der Waals surface area contributed by atoms with E-state index in [0.29, 0.717) is 11.6 Å². The van der Waals surface area contributed by atoms with E-state index < -0.39 is 0 Å². The lowest BCUT2D eigenvalue weighted by molar-refractivity contribution is -0.0686. The summed E-state index contributed by atoms with van der Waals surface area (Å²) in [6.45, 7) is 18.1. The first-order valence-corrected chi connectivity index (χ1v) is 7.03. The van der Waals surface area contributed by atoms with Crippen LogP contribution in [0, 0.1) is 5.92 Å². The van der Waals surface area contributed by atoms with Gasteiger partial charge in [-0.2, -0.15) is 0 Å². The number of hydrogen-bond donors (Lipinski definition) is 0. The Labute approximate surface area is 108 Å². The summed E-state index contributed by atoms with van der Waals surface area (Å²) < 4.78 is 6.00. The normalized spacial score (nSPS) is 23.6. The molecule has 1 heterocycles. The fraction of sp³-hybridized carbons (Fsp3) is 1.00. The highest BCUT2D eigenvalue weighted by atomic mass is 16.5. The zero-order valence-corrected chi connectivity index (χ0v) is 12.8. The highest BCUT2D eigenvalue weighted by Crippen LogP contribution is 2.31. The van der Waals surface area contributed by atoms with Gasteiger partial charge in [-0.3, -0.25) is 4.90 Å². The van der Waals surface area contributed by atoms with Crippen molar-refractivity contribution in [3.63, 3.8) is 0 Å². The van der Waals surface area contributed by atoms with E-state index in [2.05, 4.69) is 53.4 Å². The summed E-state index contributed by atoms with van der Waals surface area (Å²) in [4.78, 5) is 2.60. The summed E-state index contributed by atoms with van der Waals surface area (Å²) in [5.74, 6) is 0.794. The summed E-state index contributed by atoms with van der Waals surface area (Å²) in [5, 5.41) is 0. The topological polar surface area (TPSA) is 12.5 Å². The summed E-state index contributed by atoms with van der Waals surface area (Å²) >= 11 is 0. The van der Waals surface area contributed by atoms with Crippen LogP contribution in [0.3, 0.4) is 0 Å². The third-order valence-electron chi connectivity index (χ3n) is 3.57. The Balaban J connectivity index is 2.45. The van der Waals surface area contributed by atoms with Gasteiger partial charge in [0.05, 0.1) is 11.7 Å². The lowest BCUT2D eigenvalue weighted by Crippen LogP contribution is -2.40. The van der Waals surface area contributed by atoms with Crippen molar-refractivity contribution in [1.29, 1.82) is 0 Å². The maximum absolute atomic E-state index is 6.00. The minimum atomic E-state index is 0.0206. The molecule has 1 saturated heterocycles. The third-order valence-corrected chi connectivity index (χ3v) is 3.57. The average molecular weight is 241 g/mol. The first-order chi connectivity index (χ1) is 7.60. The van der Waals surface area contributed by atoms with Gasteiger partial charge in [0.1, 0.15) is 0 Å². The van der Waals surface area contributed by atoms with Crippen molar-refractivity contribution in [3.8, 4) is 0 Å². The SMILES string of the molecule is CC(C)OC(C)(C)CC1CCN(C(C)(C)C)C1. The zero-order chi connectivity index (χ0) is 13.3. The molecule has 1 atom stereocenters. The fourth-order valence-corrected chi connectivity index (χ4v) is 2.99. The van der Waals surface area contributed by atoms with Gasteiger partial charge < -0.3 is 4.74 Å². The van der Waals surface area contributed by atoms with E-state index in [-0.39, 0.29) is 5.60 Å². The van der Waals surface area contributed by atoms with Crippen LogP contribution >= 0.6 is 0 Å². The van der Waals surface area contributed by atoms with Gasteiger partial charge in [-0.25, -0.2) is 0 Å². The highest BCUT2D eigenvalue weighted by molar-refractivity contribution is 4.87. The van der Waals surface area contributed by atoms with E-state index in [1.807, 2.05) is 0 Å². The van der Waals surface area contributed by atoms with Crippen LogP contribution in [-0.4, -0.2) is 35.2 Å². The number of hydrogen-bond acceptors (Lipinski definition) is 2. The van der Waals surface area contributed by atoms with Crippen molar-refractivity contribution in [2.75, 3.05) is 13.1 Å². The smallest absolute Gasteiger partial charge is 0.0633 e. The molecule has 0 aromatic carbocycles. The Bertz CT molecular complexity index is 240. The third kappa shape index (κ3) is 4.97. The zero-order valence-electron chi connectivity index (χ0n) is 12.8. The average Bonchev–Trinajstić information content (AvgIpc) is 2.47. The largest absolute Gasteiger partial charge is 0.373 e. The molecule has 0 N–H and O–H groups in total. The number of likely N-dealkylation sites (tertiary alicyclic amines) is 1. The van der Waals surface area contributed by atoms with Crippen LogP contribution in [0.15, 0.2) is 0 Å². The predicted molar refractivity (Wildman–Crippen MR) is 74.4 cm³/mol. The second-order valence-electron chi connectivity index (χ2n) is 7.40. The second-order valence-corrected chi connectivity index (χ2v) is 7.40. The van der Waals surface area contributed by atoms with Crippen LogP contribution in [-0.2, 0) is 4.74 Å². The first kappa shape index (κ1) is 15.0. The molecule has 1 aliphatic rings. The summed E-state index contributed by atoms with van der Waals surface area (Å²) in [6, 6.07) is 0. The van der Waals surface area contributed by atoms with Gasteiger partial charge in [0, 0.05) is 12.1 Å². The molecule has 0 aromatic heterocycles. The fourth-order valence-electron chi connectivity index (χ4n) is 2.99.